The van der Waals surface area contributed by atoms with Gasteiger partial charge in [-0.2, -0.15) is 0 Å². The topological polar surface area (TPSA) is 32.3 Å². The van der Waals surface area contributed by atoms with Crippen LogP contribution in [0.15, 0.2) is 24.3 Å². The van der Waals surface area contributed by atoms with E-state index in [0.717, 1.165) is 31.0 Å². The minimum absolute atomic E-state index is 0.192. The van der Waals surface area contributed by atoms with Crippen molar-refractivity contribution in [2.75, 3.05) is 6.54 Å². The van der Waals surface area contributed by atoms with Gasteiger partial charge in [-0.3, -0.25) is 0 Å². The first-order valence-electron chi connectivity index (χ1n) is 5.31. The molecule has 1 rings (SSSR count). The third-order valence-electron chi connectivity index (χ3n) is 2.22. The highest BCUT2D eigenvalue weighted by Gasteiger charge is 1.95. The van der Waals surface area contributed by atoms with Crippen LogP contribution in [0, 0.1) is 0 Å². The van der Waals surface area contributed by atoms with Gasteiger partial charge in [-0.25, -0.2) is 0 Å². The molecule has 0 saturated heterocycles. The lowest BCUT2D eigenvalue weighted by molar-refractivity contribution is 0.181. The van der Waals surface area contributed by atoms with Crippen molar-refractivity contribution in [1.29, 1.82) is 0 Å². The van der Waals surface area contributed by atoms with Crippen molar-refractivity contribution in [1.82, 2.24) is 5.32 Å². The highest BCUT2D eigenvalue weighted by atomic mass is 35.5. The fourth-order valence-electron chi connectivity index (χ4n) is 1.36. The quantitative estimate of drug-likeness (QED) is 0.733. The van der Waals surface area contributed by atoms with Crippen molar-refractivity contribution in [3.63, 3.8) is 0 Å². The summed E-state index contributed by atoms with van der Waals surface area (Å²) >= 11 is 5.78. The molecule has 0 bridgehead atoms. The fourth-order valence-corrected chi connectivity index (χ4v) is 1.48. The van der Waals surface area contributed by atoms with Crippen molar-refractivity contribution < 1.29 is 5.11 Å². The summed E-state index contributed by atoms with van der Waals surface area (Å²) in [6.45, 7) is 3.61. The summed E-state index contributed by atoms with van der Waals surface area (Å²) < 4.78 is 0. The second-order valence-electron chi connectivity index (χ2n) is 3.79. The Balaban J connectivity index is 2.12. The van der Waals surface area contributed by atoms with E-state index in [4.69, 9.17) is 16.7 Å². The Hall–Kier alpha value is -0.570. The lowest BCUT2D eigenvalue weighted by Gasteiger charge is -2.06. The predicted octanol–water partition coefficient (Wildman–Crippen LogP) is 2.59. The van der Waals surface area contributed by atoms with E-state index >= 15 is 0 Å². The van der Waals surface area contributed by atoms with E-state index in [1.54, 1.807) is 0 Å². The first kappa shape index (κ1) is 12.5. The van der Waals surface area contributed by atoms with Crippen LogP contribution in [0.2, 0.25) is 5.02 Å². The van der Waals surface area contributed by atoms with Crippen molar-refractivity contribution in [3.8, 4) is 0 Å². The molecule has 1 atom stereocenters. The standard InChI is InChI=1S/C12H18ClNO/c1-10(15)3-2-8-14-9-11-4-6-12(13)7-5-11/h4-7,10,14-15H,2-3,8-9H2,1H3. The maximum Gasteiger partial charge on any atom is 0.0512 e. The Kier molecular flexibility index (Phi) is 5.69. The van der Waals surface area contributed by atoms with E-state index in [0.29, 0.717) is 0 Å². The molecule has 0 amide bonds. The van der Waals surface area contributed by atoms with E-state index < -0.39 is 0 Å². The lowest BCUT2D eigenvalue weighted by Crippen LogP contribution is -2.16. The van der Waals surface area contributed by atoms with Crippen LogP contribution in [0.4, 0.5) is 0 Å². The van der Waals surface area contributed by atoms with Gasteiger partial charge < -0.3 is 10.4 Å². The molecule has 2 N–H and O–H groups in total. The summed E-state index contributed by atoms with van der Waals surface area (Å²) in [5, 5.41) is 13.2. The van der Waals surface area contributed by atoms with Crippen LogP contribution in [0.1, 0.15) is 25.3 Å². The molecule has 1 aromatic carbocycles. The zero-order valence-corrected chi connectivity index (χ0v) is 9.80. The molecule has 0 aliphatic heterocycles. The lowest BCUT2D eigenvalue weighted by atomic mass is 10.2. The monoisotopic (exact) mass is 227 g/mol. The van der Waals surface area contributed by atoms with Crippen LogP contribution in [0.5, 0.6) is 0 Å². The molecule has 0 aromatic heterocycles. The first-order valence-corrected chi connectivity index (χ1v) is 5.69. The minimum atomic E-state index is -0.192. The third-order valence-corrected chi connectivity index (χ3v) is 2.47. The number of rotatable bonds is 6. The van der Waals surface area contributed by atoms with Gasteiger partial charge in [0, 0.05) is 11.6 Å². The van der Waals surface area contributed by atoms with Gasteiger partial charge in [0.1, 0.15) is 0 Å². The molecule has 0 heterocycles. The Morgan fingerprint density at radius 3 is 2.60 bits per heavy atom. The maximum absolute atomic E-state index is 9.06. The fraction of sp³-hybridized carbons (Fsp3) is 0.500. The average Bonchev–Trinajstić information content (AvgIpc) is 2.20. The largest absolute Gasteiger partial charge is 0.393 e. The molecule has 84 valence electrons. The van der Waals surface area contributed by atoms with Crippen LogP contribution in [-0.2, 0) is 6.54 Å². The summed E-state index contributed by atoms with van der Waals surface area (Å²) in [4.78, 5) is 0. The van der Waals surface area contributed by atoms with E-state index in [9.17, 15) is 0 Å². The molecule has 2 nitrogen and oxygen atoms in total. The van der Waals surface area contributed by atoms with Crippen LogP contribution in [0.3, 0.4) is 0 Å². The van der Waals surface area contributed by atoms with Gasteiger partial charge in [-0.1, -0.05) is 23.7 Å². The van der Waals surface area contributed by atoms with E-state index in [-0.39, 0.29) is 6.10 Å². The Bertz CT molecular complexity index is 271. The molecule has 1 unspecified atom stereocenters. The highest BCUT2D eigenvalue weighted by molar-refractivity contribution is 6.30. The van der Waals surface area contributed by atoms with E-state index in [2.05, 4.69) is 5.32 Å². The van der Waals surface area contributed by atoms with Gasteiger partial charge >= 0.3 is 0 Å². The Morgan fingerprint density at radius 1 is 1.33 bits per heavy atom. The molecule has 1 aromatic rings. The molecular formula is C12H18ClNO. The molecule has 0 saturated carbocycles. The minimum Gasteiger partial charge on any atom is -0.393 e. The normalized spacial score (nSPS) is 12.7. The average molecular weight is 228 g/mol. The molecule has 3 heteroatoms. The van der Waals surface area contributed by atoms with Gasteiger partial charge in [0.2, 0.25) is 0 Å². The van der Waals surface area contributed by atoms with Gasteiger partial charge in [-0.15, -0.1) is 0 Å². The van der Waals surface area contributed by atoms with Gasteiger partial charge in [0.05, 0.1) is 6.10 Å². The number of benzene rings is 1. The third kappa shape index (κ3) is 5.78. The van der Waals surface area contributed by atoms with Crippen molar-refractivity contribution in [3.05, 3.63) is 34.9 Å². The molecule has 0 radical (unpaired) electrons. The summed E-state index contributed by atoms with van der Waals surface area (Å²) in [5.41, 5.74) is 1.23. The number of hydrogen-bond acceptors (Lipinski definition) is 2. The zero-order chi connectivity index (χ0) is 11.1. The highest BCUT2D eigenvalue weighted by Crippen LogP contribution is 2.09. The summed E-state index contributed by atoms with van der Waals surface area (Å²) in [7, 11) is 0. The number of hydrogen-bond donors (Lipinski definition) is 2. The molecule has 0 aliphatic rings. The SMILES string of the molecule is CC(O)CCCNCc1ccc(Cl)cc1. The Morgan fingerprint density at radius 2 is 2.00 bits per heavy atom. The van der Waals surface area contributed by atoms with Crippen molar-refractivity contribution >= 4 is 11.6 Å². The van der Waals surface area contributed by atoms with Crippen LogP contribution in [-0.4, -0.2) is 17.8 Å². The first-order chi connectivity index (χ1) is 7.18. The van der Waals surface area contributed by atoms with Gasteiger partial charge in [0.25, 0.3) is 0 Å². The number of aliphatic hydroxyl groups is 1. The second kappa shape index (κ2) is 6.83. The molecule has 0 aliphatic carbocycles. The van der Waals surface area contributed by atoms with Crippen LogP contribution >= 0.6 is 11.6 Å². The number of nitrogens with one attached hydrogen (secondary N) is 1. The summed E-state index contributed by atoms with van der Waals surface area (Å²) in [5.74, 6) is 0. The van der Waals surface area contributed by atoms with Crippen LogP contribution < -0.4 is 5.32 Å². The summed E-state index contributed by atoms with van der Waals surface area (Å²) in [6, 6.07) is 7.83. The smallest absolute Gasteiger partial charge is 0.0512 e. The molecule has 0 fully saturated rings. The summed E-state index contributed by atoms with van der Waals surface area (Å²) in [6.07, 6.45) is 1.67. The molecule has 0 spiro atoms. The predicted molar refractivity (Wildman–Crippen MR) is 64.1 cm³/mol. The van der Waals surface area contributed by atoms with Gasteiger partial charge in [-0.05, 0) is 44.0 Å². The number of halogens is 1. The van der Waals surface area contributed by atoms with Crippen LogP contribution in [0.25, 0.3) is 0 Å². The van der Waals surface area contributed by atoms with E-state index in [1.807, 2.05) is 31.2 Å². The zero-order valence-electron chi connectivity index (χ0n) is 9.04. The maximum atomic E-state index is 9.06. The number of aliphatic hydroxyl groups excluding tert-OH is 1. The Labute approximate surface area is 96.3 Å². The second-order valence-corrected chi connectivity index (χ2v) is 4.23. The molecular weight excluding hydrogens is 210 g/mol. The van der Waals surface area contributed by atoms with Gasteiger partial charge in [0.15, 0.2) is 0 Å². The van der Waals surface area contributed by atoms with Crippen molar-refractivity contribution in [2.24, 2.45) is 0 Å². The van der Waals surface area contributed by atoms with Crippen molar-refractivity contribution in [2.45, 2.75) is 32.4 Å². The van der Waals surface area contributed by atoms with E-state index in [1.165, 1.54) is 5.56 Å². The molecule has 15 heavy (non-hydrogen) atoms.